The number of carbonyl (C=O) groups excluding carboxylic acids is 1. The van der Waals surface area contributed by atoms with Crippen molar-refractivity contribution in [3.63, 3.8) is 0 Å². The second-order valence-electron chi connectivity index (χ2n) is 8.86. The number of nitrogens with zero attached hydrogens (tertiary/aromatic N) is 6. The molecule has 0 radical (unpaired) electrons. The quantitative estimate of drug-likeness (QED) is 0.792. The Hall–Kier alpha value is -2.49. The molecule has 0 spiro atoms. The van der Waals surface area contributed by atoms with E-state index in [9.17, 15) is 13.6 Å². The molecule has 3 aliphatic rings. The SMILES string of the molecule is Cn1cc(Nc2ncc(Cl)c(N3C[C@@H]4CN(C(=O)[C@@H]5CC5(F)F)C[C@]4(C)C3)n2)cn1. The Morgan fingerprint density at radius 3 is 2.70 bits per heavy atom. The van der Waals surface area contributed by atoms with E-state index < -0.39 is 17.7 Å². The molecule has 2 aromatic heterocycles. The molecule has 1 amide bonds. The van der Waals surface area contributed by atoms with Crippen molar-refractivity contribution in [2.24, 2.45) is 24.3 Å². The number of hydrogen-bond acceptors (Lipinski definition) is 6. The first-order valence-electron chi connectivity index (χ1n) is 9.84. The lowest BCUT2D eigenvalue weighted by molar-refractivity contribution is -0.134. The fourth-order valence-corrected chi connectivity index (χ4v) is 4.84. The summed E-state index contributed by atoms with van der Waals surface area (Å²) in [6.07, 6.45) is 4.73. The van der Waals surface area contributed by atoms with Crippen molar-refractivity contribution < 1.29 is 13.6 Å². The third-order valence-corrected chi connectivity index (χ3v) is 6.66. The van der Waals surface area contributed by atoms with Gasteiger partial charge in [0.2, 0.25) is 11.9 Å². The molecule has 0 bridgehead atoms. The molecule has 4 heterocycles. The molecular weight excluding hydrogens is 416 g/mol. The number of nitrogens with one attached hydrogen (secondary N) is 1. The van der Waals surface area contributed by atoms with Crippen LogP contribution in [0.1, 0.15) is 13.3 Å². The molecule has 2 saturated heterocycles. The Kier molecular flexibility index (Phi) is 4.22. The van der Waals surface area contributed by atoms with Gasteiger partial charge in [-0.15, -0.1) is 0 Å². The fourth-order valence-electron chi connectivity index (χ4n) is 4.63. The highest BCUT2D eigenvalue weighted by Crippen LogP contribution is 2.52. The summed E-state index contributed by atoms with van der Waals surface area (Å²) in [5, 5.41) is 7.66. The normalized spacial score (nSPS) is 29.2. The Labute approximate surface area is 177 Å². The molecule has 160 valence electrons. The van der Waals surface area contributed by atoms with Crippen LogP contribution < -0.4 is 10.2 Å². The van der Waals surface area contributed by atoms with Crippen molar-refractivity contribution in [2.75, 3.05) is 36.4 Å². The third-order valence-electron chi connectivity index (χ3n) is 6.39. The second kappa shape index (κ2) is 6.50. The van der Waals surface area contributed by atoms with Gasteiger partial charge in [-0.2, -0.15) is 10.1 Å². The first kappa shape index (κ1) is 19.5. The molecular formula is C19H22ClF2N7O. The standard InChI is InChI=1S/C19H22ClF2N7O/c1-18-9-28(6-11(18)7-29(10-18)16(30)13-3-19(13,21)22)15-14(20)5-23-17(26-15)25-12-4-24-27(2)8-12/h4-5,8,11,13H,3,6-7,9-10H2,1-2H3,(H,23,25,26)/t11-,13+,18+/m1/s1. The van der Waals surface area contributed by atoms with Crippen LogP contribution in [-0.2, 0) is 11.8 Å². The van der Waals surface area contributed by atoms with Gasteiger partial charge in [-0.05, 0) is 0 Å². The smallest absolute Gasteiger partial charge is 0.260 e. The van der Waals surface area contributed by atoms with Gasteiger partial charge < -0.3 is 15.1 Å². The van der Waals surface area contributed by atoms with Gasteiger partial charge >= 0.3 is 0 Å². The molecule has 0 aromatic carbocycles. The van der Waals surface area contributed by atoms with Crippen LogP contribution in [0.3, 0.4) is 0 Å². The predicted molar refractivity (Wildman–Crippen MR) is 107 cm³/mol. The van der Waals surface area contributed by atoms with Crippen molar-refractivity contribution in [1.29, 1.82) is 0 Å². The van der Waals surface area contributed by atoms with Gasteiger partial charge in [-0.3, -0.25) is 9.48 Å². The van der Waals surface area contributed by atoms with E-state index in [1.807, 2.05) is 13.2 Å². The van der Waals surface area contributed by atoms with E-state index in [4.69, 9.17) is 11.6 Å². The molecule has 3 atom stereocenters. The van der Waals surface area contributed by atoms with E-state index in [1.54, 1.807) is 22.0 Å². The molecule has 1 aliphatic carbocycles. The lowest BCUT2D eigenvalue weighted by Crippen LogP contribution is -2.37. The Morgan fingerprint density at radius 1 is 1.30 bits per heavy atom. The summed E-state index contributed by atoms with van der Waals surface area (Å²) in [4.78, 5) is 24.9. The average molecular weight is 438 g/mol. The van der Waals surface area contributed by atoms with Crippen molar-refractivity contribution in [1.82, 2.24) is 24.6 Å². The molecule has 2 aliphatic heterocycles. The summed E-state index contributed by atoms with van der Waals surface area (Å²) in [5.41, 5.74) is 0.576. The Bertz CT molecular complexity index is 1010. The largest absolute Gasteiger partial charge is 0.354 e. The van der Waals surface area contributed by atoms with Crippen LogP contribution in [-0.4, -0.2) is 62.7 Å². The lowest BCUT2D eigenvalue weighted by atomic mass is 9.83. The number of fused-ring (bicyclic) bond motifs is 1. The van der Waals surface area contributed by atoms with Crippen LogP contribution in [0, 0.1) is 17.3 Å². The van der Waals surface area contributed by atoms with Gasteiger partial charge in [0.25, 0.3) is 5.92 Å². The molecule has 5 rings (SSSR count). The summed E-state index contributed by atoms with van der Waals surface area (Å²) >= 11 is 6.39. The van der Waals surface area contributed by atoms with Crippen molar-refractivity contribution in [3.8, 4) is 0 Å². The number of hydrogen-bond donors (Lipinski definition) is 1. The van der Waals surface area contributed by atoms with Gasteiger partial charge in [0.15, 0.2) is 5.82 Å². The third kappa shape index (κ3) is 3.27. The molecule has 1 saturated carbocycles. The second-order valence-corrected chi connectivity index (χ2v) is 9.27. The number of amides is 1. The number of alkyl halides is 2. The number of likely N-dealkylation sites (tertiary alicyclic amines) is 1. The number of rotatable bonds is 4. The number of anilines is 3. The summed E-state index contributed by atoms with van der Waals surface area (Å²) < 4.78 is 28.3. The van der Waals surface area contributed by atoms with E-state index in [0.717, 1.165) is 5.69 Å². The molecule has 3 fully saturated rings. The van der Waals surface area contributed by atoms with Gasteiger partial charge in [-0.25, -0.2) is 13.8 Å². The van der Waals surface area contributed by atoms with Crippen LogP contribution in [0.4, 0.5) is 26.2 Å². The van der Waals surface area contributed by atoms with Gasteiger partial charge in [0.1, 0.15) is 10.9 Å². The Balaban J connectivity index is 1.30. The van der Waals surface area contributed by atoms with Gasteiger partial charge in [-0.1, -0.05) is 18.5 Å². The number of carbonyl (C=O) groups is 1. The number of aromatic nitrogens is 4. The average Bonchev–Trinajstić information content (AvgIpc) is 2.97. The maximum Gasteiger partial charge on any atom is 0.260 e. The van der Waals surface area contributed by atoms with E-state index in [2.05, 4.69) is 32.2 Å². The zero-order valence-corrected chi connectivity index (χ0v) is 17.4. The topological polar surface area (TPSA) is 79.2 Å². The van der Waals surface area contributed by atoms with Crippen molar-refractivity contribution in [3.05, 3.63) is 23.6 Å². The summed E-state index contributed by atoms with van der Waals surface area (Å²) in [7, 11) is 1.82. The number of aryl methyl sites for hydroxylation is 1. The minimum absolute atomic E-state index is 0.176. The fraction of sp³-hybridized carbons (Fsp3) is 0.579. The van der Waals surface area contributed by atoms with Crippen LogP contribution in [0.5, 0.6) is 0 Å². The molecule has 0 unspecified atom stereocenters. The van der Waals surface area contributed by atoms with E-state index in [0.29, 0.717) is 43.0 Å². The first-order valence-corrected chi connectivity index (χ1v) is 10.2. The highest BCUT2D eigenvalue weighted by atomic mass is 35.5. The van der Waals surface area contributed by atoms with E-state index >= 15 is 0 Å². The molecule has 8 nitrogen and oxygen atoms in total. The van der Waals surface area contributed by atoms with Gasteiger partial charge in [0, 0.05) is 57.2 Å². The first-order chi connectivity index (χ1) is 14.1. The van der Waals surface area contributed by atoms with Crippen LogP contribution in [0.15, 0.2) is 18.6 Å². The van der Waals surface area contributed by atoms with Crippen LogP contribution in [0.2, 0.25) is 5.02 Å². The molecule has 11 heteroatoms. The van der Waals surface area contributed by atoms with E-state index in [1.165, 1.54) is 0 Å². The van der Waals surface area contributed by atoms with Crippen LogP contribution >= 0.6 is 11.6 Å². The molecule has 30 heavy (non-hydrogen) atoms. The monoisotopic (exact) mass is 437 g/mol. The maximum atomic E-state index is 13.3. The zero-order chi connectivity index (χ0) is 21.3. The van der Waals surface area contributed by atoms with Gasteiger partial charge in [0.05, 0.1) is 18.1 Å². The molecule has 2 aromatic rings. The van der Waals surface area contributed by atoms with Crippen LogP contribution in [0.25, 0.3) is 0 Å². The minimum atomic E-state index is -2.83. The van der Waals surface area contributed by atoms with Crippen molar-refractivity contribution in [2.45, 2.75) is 19.3 Å². The zero-order valence-electron chi connectivity index (χ0n) is 16.6. The summed E-state index contributed by atoms with van der Waals surface area (Å²) in [6.45, 7) is 4.36. The Morgan fingerprint density at radius 2 is 2.07 bits per heavy atom. The maximum absolute atomic E-state index is 13.3. The molecule has 1 N–H and O–H groups in total. The minimum Gasteiger partial charge on any atom is -0.354 e. The number of halogens is 3. The summed E-state index contributed by atoms with van der Waals surface area (Å²) in [5.74, 6) is -3.15. The lowest BCUT2D eigenvalue weighted by Gasteiger charge is -2.26. The summed E-state index contributed by atoms with van der Waals surface area (Å²) in [6, 6.07) is 0. The van der Waals surface area contributed by atoms with E-state index in [-0.39, 0.29) is 17.8 Å². The predicted octanol–water partition coefficient (Wildman–Crippen LogP) is 2.55. The highest BCUT2D eigenvalue weighted by molar-refractivity contribution is 6.32. The highest BCUT2D eigenvalue weighted by Gasteiger charge is 2.64. The van der Waals surface area contributed by atoms with Crippen molar-refractivity contribution >= 4 is 35.0 Å².